The van der Waals surface area contributed by atoms with Crippen LogP contribution < -0.4 is 10.6 Å². The summed E-state index contributed by atoms with van der Waals surface area (Å²) in [5.41, 5.74) is 3.74. The highest BCUT2D eigenvalue weighted by atomic mass is 19.1. The van der Waals surface area contributed by atoms with Crippen molar-refractivity contribution in [2.24, 2.45) is 5.29 Å². The van der Waals surface area contributed by atoms with Crippen molar-refractivity contribution in [2.75, 3.05) is 25.0 Å². The van der Waals surface area contributed by atoms with Crippen molar-refractivity contribution in [1.82, 2.24) is 15.3 Å². The minimum absolute atomic E-state index is 0.272. The van der Waals surface area contributed by atoms with Crippen LogP contribution in [0.3, 0.4) is 0 Å². The van der Waals surface area contributed by atoms with Crippen molar-refractivity contribution in [3.05, 3.63) is 57.0 Å². The molecule has 0 spiro atoms. The minimum atomic E-state index is -0.434. The van der Waals surface area contributed by atoms with Gasteiger partial charge in [-0.3, -0.25) is 14.6 Å². The van der Waals surface area contributed by atoms with Crippen LogP contribution in [0, 0.1) is 24.6 Å². The molecule has 3 N–H and O–H groups in total. The number of aromatic nitrogens is 1. The summed E-state index contributed by atoms with van der Waals surface area (Å²) < 4.78 is 13.6. The van der Waals surface area contributed by atoms with Crippen molar-refractivity contribution in [3.63, 3.8) is 0 Å². The molecule has 1 aliphatic heterocycles. The minimum Gasteiger partial charge on any atom is -0.358 e. The van der Waals surface area contributed by atoms with Crippen LogP contribution in [0.1, 0.15) is 39.8 Å². The average Bonchev–Trinajstić information content (AvgIpc) is 3.14. The van der Waals surface area contributed by atoms with Gasteiger partial charge in [-0.05, 0) is 50.6 Å². The lowest BCUT2D eigenvalue weighted by molar-refractivity contribution is -0.110. The quantitative estimate of drug-likeness (QED) is 0.378. The third kappa shape index (κ3) is 4.03. The second kappa shape index (κ2) is 8.26. The first kappa shape index (κ1) is 20.2. The molecule has 0 aliphatic carbocycles. The van der Waals surface area contributed by atoms with Gasteiger partial charge in [-0.25, -0.2) is 4.39 Å². The molecule has 0 radical (unpaired) electrons. The molecule has 152 valence electrons. The summed E-state index contributed by atoms with van der Waals surface area (Å²) in [5, 5.41) is 9.64. The summed E-state index contributed by atoms with van der Waals surface area (Å²) in [7, 11) is 0. The molecule has 9 heteroatoms. The van der Waals surface area contributed by atoms with E-state index < -0.39 is 5.82 Å². The number of benzene rings is 1. The van der Waals surface area contributed by atoms with Gasteiger partial charge in [-0.15, -0.1) is 4.91 Å². The molecule has 2 heterocycles. The molecule has 1 aliphatic rings. The molecule has 0 fully saturated rings. The van der Waals surface area contributed by atoms with Crippen molar-refractivity contribution >= 4 is 29.2 Å². The van der Waals surface area contributed by atoms with E-state index in [1.807, 2.05) is 0 Å². The lowest BCUT2D eigenvalue weighted by atomic mass is 10.0. The molecule has 0 unspecified atom stereocenters. The van der Waals surface area contributed by atoms with Gasteiger partial charge in [0.2, 0.25) is 0 Å². The molecule has 8 nitrogen and oxygen atoms in total. The first-order valence-corrected chi connectivity index (χ1v) is 9.24. The average molecular weight is 399 g/mol. The topological polar surface area (TPSA) is 107 Å². The Labute approximate surface area is 167 Å². The molecule has 29 heavy (non-hydrogen) atoms. The fourth-order valence-electron chi connectivity index (χ4n) is 3.35. The molecule has 0 saturated heterocycles. The third-order valence-corrected chi connectivity index (χ3v) is 4.89. The van der Waals surface area contributed by atoms with E-state index in [0.717, 1.165) is 0 Å². The van der Waals surface area contributed by atoms with Gasteiger partial charge < -0.3 is 15.6 Å². The zero-order chi connectivity index (χ0) is 21.1. The number of hydrogen-bond acceptors (Lipinski definition) is 4. The van der Waals surface area contributed by atoms with Crippen LogP contribution in [0.4, 0.5) is 10.1 Å². The number of hydrogen-bond donors (Lipinski definition) is 3. The number of nitrogens with zero attached hydrogens (tertiary/aromatic N) is 2. The van der Waals surface area contributed by atoms with E-state index in [2.05, 4.69) is 20.9 Å². The highest BCUT2D eigenvalue weighted by molar-refractivity contribution is 6.34. The van der Waals surface area contributed by atoms with E-state index in [1.54, 1.807) is 26.8 Å². The van der Waals surface area contributed by atoms with Gasteiger partial charge in [0.05, 0.1) is 23.0 Å². The number of nitroso groups, excluding NO2 is 1. The fraction of sp³-hybridized carbons (Fsp3) is 0.300. The number of nitrogens with one attached hydrogen (secondary N) is 3. The zero-order valence-electron chi connectivity index (χ0n) is 16.4. The number of rotatable bonds is 7. The highest BCUT2D eigenvalue weighted by Crippen LogP contribution is 2.34. The van der Waals surface area contributed by atoms with Crippen LogP contribution in [0.5, 0.6) is 0 Å². The highest BCUT2D eigenvalue weighted by Gasteiger charge is 2.26. The predicted molar refractivity (Wildman–Crippen MR) is 109 cm³/mol. The largest absolute Gasteiger partial charge is 0.358 e. The van der Waals surface area contributed by atoms with Gasteiger partial charge in [0.25, 0.3) is 11.8 Å². The summed E-state index contributed by atoms with van der Waals surface area (Å²) in [6, 6.07) is 4.11. The van der Waals surface area contributed by atoms with Crippen LogP contribution in [0.25, 0.3) is 11.6 Å². The number of fused-ring (bicyclic) bond motifs is 1. The normalized spacial score (nSPS) is 13.9. The summed E-state index contributed by atoms with van der Waals surface area (Å²) >= 11 is 0. The number of H-pyrrole nitrogens is 1. The summed E-state index contributed by atoms with van der Waals surface area (Å²) in [6.45, 7) is 6.38. The molecule has 0 bridgehead atoms. The van der Waals surface area contributed by atoms with Gasteiger partial charge in [0, 0.05) is 35.7 Å². The van der Waals surface area contributed by atoms with Crippen molar-refractivity contribution < 1.29 is 14.0 Å². The van der Waals surface area contributed by atoms with Crippen LogP contribution in [-0.4, -0.2) is 41.4 Å². The fourth-order valence-corrected chi connectivity index (χ4v) is 3.35. The molecular formula is C20H22FN5O3. The van der Waals surface area contributed by atoms with Crippen LogP contribution in [0.2, 0.25) is 0 Å². The summed E-state index contributed by atoms with van der Waals surface area (Å²) in [6.07, 6.45) is 1.62. The Bertz CT molecular complexity index is 1010. The molecular weight excluding hydrogens is 377 g/mol. The molecule has 1 aromatic heterocycles. The van der Waals surface area contributed by atoms with E-state index in [4.69, 9.17) is 0 Å². The maximum Gasteiger partial charge on any atom is 0.256 e. The number of likely N-dealkylation sites (N-methyl/N-ethyl adjacent to an activating group) is 1. The predicted octanol–water partition coefficient (Wildman–Crippen LogP) is 3.00. The maximum absolute atomic E-state index is 13.6. The van der Waals surface area contributed by atoms with Crippen molar-refractivity contribution in [2.45, 2.75) is 20.8 Å². The lowest BCUT2D eigenvalue weighted by Gasteiger charge is -2.13. The third-order valence-electron chi connectivity index (χ3n) is 4.89. The molecule has 0 saturated carbocycles. The second-order valence-corrected chi connectivity index (χ2v) is 6.75. The van der Waals surface area contributed by atoms with Gasteiger partial charge >= 0.3 is 0 Å². The monoisotopic (exact) mass is 399 g/mol. The SMILES string of the molecule is CCN(CCNC(=O)c1c(C)[nH]c(C=C2C(=O)Nc3ccc(F)cc32)c1C)N=O. The molecule has 0 atom stereocenters. The molecule has 2 amide bonds. The van der Waals surface area contributed by atoms with Crippen molar-refractivity contribution in [1.29, 1.82) is 0 Å². The van der Waals surface area contributed by atoms with Gasteiger partial charge in [0.15, 0.2) is 0 Å². The van der Waals surface area contributed by atoms with Crippen LogP contribution in [-0.2, 0) is 4.79 Å². The Balaban J connectivity index is 1.84. The number of amides is 2. The van der Waals surface area contributed by atoms with Crippen LogP contribution in [0.15, 0.2) is 23.5 Å². The lowest BCUT2D eigenvalue weighted by Crippen LogP contribution is -2.32. The number of anilines is 1. The Morgan fingerprint density at radius 2 is 2.10 bits per heavy atom. The Morgan fingerprint density at radius 3 is 2.79 bits per heavy atom. The van der Waals surface area contributed by atoms with Gasteiger partial charge in [-0.2, -0.15) is 0 Å². The first-order valence-electron chi connectivity index (χ1n) is 9.24. The van der Waals surface area contributed by atoms with Crippen molar-refractivity contribution in [3.8, 4) is 0 Å². The molecule has 2 aromatic rings. The van der Waals surface area contributed by atoms with E-state index in [1.165, 1.54) is 23.2 Å². The standard InChI is InChI=1S/C20H22FN5O3/c1-4-26(25-29)8-7-22-20(28)18-11(2)17(23-12(18)3)10-15-14-9-13(21)5-6-16(14)24-19(15)27/h5-6,9-10,23H,4,7-8H2,1-3H3,(H,22,28)(H,24,27). The summed E-state index contributed by atoms with van der Waals surface area (Å²) in [5.74, 6) is -1.05. The van der Waals surface area contributed by atoms with E-state index in [0.29, 0.717) is 52.4 Å². The van der Waals surface area contributed by atoms with E-state index >= 15 is 0 Å². The van der Waals surface area contributed by atoms with Gasteiger partial charge in [0.1, 0.15) is 5.82 Å². The second-order valence-electron chi connectivity index (χ2n) is 6.75. The number of halogens is 1. The Hall–Kier alpha value is -3.49. The summed E-state index contributed by atoms with van der Waals surface area (Å²) in [4.78, 5) is 38.6. The maximum atomic E-state index is 13.6. The first-order chi connectivity index (χ1) is 13.8. The van der Waals surface area contributed by atoms with Gasteiger partial charge in [-0.1, -0.05) is 0 Å². The smallest absolute Gasteiger partial charge is 0.256 e. The molecule has 1 aromatic carbocycles. The Morgan fingerprint density at radius 1 is 1.34 bits per heavy atom. The van der Waals surface area contributed by atoms with E-state index in [-0.39, 0.29) is 18.4 Å². The zero-order valence-corrected chi connectivity index (χ0v) is 16.4. The molecule has 3 rings (SSSR count). The number of aryl methyl sites for hydroxylation is 1. The van der Waals surface area contributed by atoms with Crippen LogP contribution >= 0.6 is 0 Å². The van der Waals surface area contributed by atoms with E-state index in [9.17, 15) is 18.9 Å². The number of carbonyl (C=O) groups excluding carboxylic acids is 2. The number of carbonyl (C=O) groups is 2. The number of aromatic amines is 1. The Kier molecular flexibility index (Phi) is 5.76.